The van der Waals surface area contributed by atoms with E-state index in [1.165, 1.54) is 0 Å². The Balaban J connectivity index is 0.943. The van der Waals surface area contributed by atoms with Crippen molar-refractivity contribution in [3.05, 3.63) is 200 Å². The third-order valence-corrected chi connectivity index (χ3v) is 12.2. The molecule has 0 aliphatic rings. The summed E-state index contributed by atoms with van der Waals surface area (Å²) in [7, 11) is 0. The molecule has 0 saturated carbocycles. The second-order valence-electron chi connectivity index (χ2n) is 15.9. The molecule has 6 heteroatoms. The van der Waals surface area contributed by atoms with Gasteiger partial charge in [0.05, 0.1) is 0 Å². The molecule has 4 heterocycles. The first-order valence-electron chi connectivity index (χ1n) is 21.0. The van der Waals surface area contributed by atoms with Crippen LogP contribution in [-0.2, 0) is 0 Å². The van der Waals surface area contributed by atoms with Gasteiger partial charge in [-0.15, -0.1) is 0 Å². The van der Waals surface area contributed by atoms with Crippen LogP contribution in [-0.4, -0.2) is 15.0 Å². The van der Waals surface area contributed by atoms with E-state index >= 15 is 0 Å². The molecule has 0 saturated heterocycles. The Bertz CT molecular complexity index is 3920. The summed E-state index contributed by atoms with van der Waals surface area (Å²) in [6, 6.07) is 68.6. The highest BCUT2D eigenvalue weighted by molar-refractivity contribution is 6.19. The van der Waals surface area contributed by atoms with E-state index in [1.807, 2.05) is 54.6 Å². The second-order valence-corrected chi connectivity index (χ2v) is 15.9. The van der Waals surface area contributed by atoms with Crippen molar-refractivity contribution in [2.45, 2.75) is 0 Å². The maximum absolute atomic E-state index is 6.74. The van der Waals surface area contributed by atoms with Crippen LogP contribution in [0.25, 0.3) is 133 Å². The van der Waals surface area contributed by atoms with Gasteiger partial charge in [-0.25, -0.2) is 15.0 Å². The Hall–Kier alpha value is -8.61. The Morgan fingerprint density at radius 1 is 0.254 bits per heavy atom. The van der Waals surface area contributed by atoms with E-state index in [4.69, 9.17) is 28.2 Å². The Morgan fingerprint density at radius 2 is 0.762 bits per heavy atom. The lowest BCUT2D eigenvalue weighted by atomic mass is 9.93. The lowest BCUT2D eigenvalue weighted by Gasteiger charge is -2.11. The average Bonchev–Trinajstić information content (AvgIpc) is 4.06. The summed E-state index contributed by atoms with van der Waals surface area (Å²) in [6.45, 7) is 0. The molecule has 0 unspecified atom stereocenters. The molecule has 4 aromatic heterocycles. The molecule has 0 atom stereocenters. The minimum Gasteiger partial charge on any atom is -0.456 e. The van der Waals surface area contributed by atoms with Gasteiger partial charge >= 0.3 is 0 Å². The first kappa shape index (κ1) is 35.2. The quantitative estimate of drug-likeness (QED) is 0.166. The predicted octanol–water partition coefficient (Wildman–Crippen LogP) is 15.6. The summed E-state index contributed by atoms with van der Waals surface area (Å²) >= 11 is 0. The molecular weight excluding hydrogens is 775 g/mol. The van der Waals surface area contributed by atoms with E-state index < -0.39 is 0 Å². The van der Waals surface area contributed by atoms with Gasteiger partial charge in [-0.05, 0) is 64.7 Å². The molecule has 0 fully saturated rings. The van der Waals surface area contributed by atoms with Crippen LogP contribution >= 0.6 is 0 Å². The lowest BCUT2D eigenvalue weighted by Crippen LogP contribution is -2.00. The first-order chi connectivity index (χ1) is 31.2. The number of furan rings is 3. The van der Waals surface area contributed by atoms with Crippen LogP contribution in [0.4, 0.5) is 0 Å². The van der Waals surface area contributed by atoms with Gasteiger partial charge in [0.2, 0.25) is 0 Å². The van der Waals surface area contributed by atoms with E-state index in [0.717, 1.165) is 116 Å². The zero-order valence-corrected chi connectivity index (χ0v) is 33.6. The topological polar surface area (TPSA) is 78.1 Å². The molecule has 0 amide bonds. The van der Waals surface area contributed by atoms with Crippen LogP contribution in [0.1, 0.15) is 0 Å². The van der Waals surface area contributed by atoms with Crippen molar-refractivity contribution in [1.82, 2.24) is 15.0 Å². The number of aromatic nitrogens is 3. The van der Waals surface area contributed by atoms with Gasteiger partial charge < -0.3 is 13.3 Å². The standard InChI is InChI=1S/C57H33N3O3/c1-2-12-34(13-3-1)37-14-10-15-38(32-37)56-58-55(59-57(60-56)39-28-29-43-41-16-4-7-21-48(41)61-51(43)33-39)36-26-24-35(25-27-36)40-30-31-44(52-47-18-6-9-23-50(47)63-54(40)52)46-20-11-19-45-42-17-5-8-22-49(42)62-53(45)46/h1-33H. The molecule has 294 valence electrons. The molecule has 0 spiro atoms. The first-order valence-corrected chi connectivity index (χ1v) is 21.0. The Kier molecular flexibility index (Phi) is 7.80. The SMILES string of the molecule is c1ccc(-c2cccc(-c3nc(-c4ccc(-c5ccc(-c6cccc7c6oc6ccccc67)c6c5oc5ccccc56)cc4)nc(-c4ccc5c(c4)oc4ccccc45)n3)c2)cc1. The minimum atomic E-state index is 0.561. The number of benzene rings is 9. The van der Waals surface area contributed by atoms with Gasteiger partial charge in [-0.3, -0.25) is 0 Å². The molecule has 13 rings (SSSR count). The molecule has 6 nitrogen and oxygen atoms in total. The normalized spacial score (nSPS) is 11.8. The van der Waals surface area contributed by atoms with Crippen LogP contribution in [0.3, 0.4) is 0 Å². The van der Waals surface area contributed by atoms with Gasteiger partial charge in [0, 0.05) is 60.1 Å². The van der Waals surface area contributed by atoms with Crippen LogP contribution in [0, 0.1) is 0 Å². The van der Waals surface area contributed by atoms with Crippen LogP contribution in [0.5, 0.6) is 0 Å². The summed E-state index contributed by atoms with van der Waals surface area (Å²) in [5.41, 5.74) is 13.9. The zero-order valence-electron chi connectivity index (χ0n) is 33.6. The maximum atomic E-state index is 6.74. The third-order valence-electron chi connectivity index (χ3n) is 12.2. The molecule has 9 aromatic carbocycles. The smallest absolute Gasteiger partial charge is 0.164 e. The van der Waals surface area contributed by atoms with Crippen LogP contribution in [0.15, 0.2) is 213 Å². The fraction of sp³-hybridized carbons (Fsp3) is 0. The van der Waals surface area contributed by atoms with E-state index in [0.29, 0.717) is 17.5 Å². The van der Waals surface area contributed by atoms with Crippen molar-refractivity contribution < 1.29 is 13.3 Å². The van der Waals surface area contributed by atoms with Gasteiger partial charge in [0.15, 0.2) is 17.5 Å². The van der Waals surface area contributed by atoms with Crippen molar-refractivity contribution in [2.75, 3.05) is 0 Å². The summed E-state index contributed by atoms with van der Waals surface area (Å²) in [5, 5.41) is 6.42. The van der Waals surface area contributed by atoms with Crippen molar-refractivity contribution in [3.8, 4) is 67.5 Å². The summed E-state index contributed by atoms with van der Waals surface area (Å²) in [4.78, 5) is 15.3. The largest absolute Gasteiger partial charge is 0.456 e. The minimum absolute atomic E-state index is 0.561. The molecule has 0 aliphatic heterocycles. The van der Waals surface area contributed by atoms with Crippen LogP contribution < -0.4 is 0 Å². The molecule has 0 radical (unpaired) electrons. The number of hydrogen-bond acceptors (Lipinski definition) is 6. The third kappa shape index (κ3) is 5.76. The molecule has 0 aliphatic carbocycles. The van der Waals surface area contributed by atoms with E-state index in [-0.39, 0.29) is 0 Å². The van der Waals surface area contributed by atoms with Gasteiger partial charge in [0.25, 0.3) is 0 Å². The van der Waals surface area contributed by atoms with E-state index in [9.17, 15) is 0 Å². The fourth-order valence-corrected chi connectivity index (χ4v) is 9.13. The monoisotopic (exact) mass is 807 g/mol. The molecule has 0 bridgehead atoms. The molecule has 63 heavy (non-hydrogen) atoms. The number of fused-ring (bicyclic) bond motifs is 9. The van der Waals surface area contributed by atoms with Crippen molar-refractivity contribution in [2.24, 2.45) is 0 Å². The van der Waals surface area contributed by atoms with Gasteiger partial charge in [-0.1, -0.05) is 158 Å². The van der Waals surface area contributed by atoms with Crippen LogP contribution in [0.2, 0.25) is 0 Å². The van der Waals surface area contributed by atoms with Crippen molar-refractivity contribution >= 4 is 65.8 Å². The zero-order chi connectivity index (χ0) is 41.4. The highest BCUT2D eigenvalue weighted by atomic mass is 16.3. The summed E-state index contributed by atoms with van der Waals surface area (Å²) in [6.07, 6.45) is 0. The van der Waals surface area contributed by atoms with Gasteiger partial charge in [-0.2, -0.15) is 0 Å². The molecular formula is C57H33N3O3. The van der Waals surface area contributed by atoms with E-state index in [2.05, 4.69) is 146 Å². The average molecular weight is 808 g/mol. The highest BCUT2D eigenvalue weighted by Gasteiger charge is 2.21. The second kappa shape index (κ2) is 14.0. The fourth-order valence-electron chi connectivity index (χ4n) is 9.13. The number of para-hydroxylation sites is 4. The molecule has 13 aromatic rings. The summed E-state index contributed by atoms with van der Waals surface area (Å²) in [5.74, 6) is 1.71. The predicted molar refractivity (Wildman–Crippen MR) is 254 cm³/mol. The Labute approximate surface area is 360 Å². The summed E-state index contributed by atoms with van der Waals surface area (Å²) < 4.78 is 19.6. The molecule has 0 N–H and O–H groups in total. The number of nitrogens with zero attached hydrogens (tertiary/aromatic N) is 3. The van der Waals surface area contributed by atoms with Gasteiger partial charge in [0.1, 0.15) is 33.5 Å². The van der Waals surface area contributed by atoms with E-state index in [1.54, 1.807) is 0 Å². The lowest BCUT2D eigenvalue weighted by molar-refractivity contribution is 0.668. The number of rotatable bonds is 6. The maximum Gasteiger partial charge on any atom is 0.164 e. The number of hydrogen-bond donors (Lipinski definition) is 0. The highest BCUT2D eigenvalue weighted by Crippen LogP contribution is 2.45. The Morgan fingerprint density at radius 3 is 1.54 bits per heavy atom. The van der Waals surface area contributed by atoms with Crippen molar-refractivity contribution in [1.29, 1.82) is 0 Å². The van der Waals surface area contributed by atoms with Crippen molar-refractivity contribution in [3.63, 3.8) is 0 Å².